The zero-order valence-electron chi connectivity index (χ0n) is 10.2. The van der Waals surface area contributed by atoms with Crippen molar-refractivity contribution in [3.8, 4) is 0 Å². The standard InChI is InChI=1S/C12H18N4O/c1-3-15-6-5-14-12(15)7-11(17)10-8-13-9-16(10)4-2/h5-6,8-9,11,17H,3-4,7H2,1-2H3. The average molecular weight is 234 g/mol. The molecule has 0 radical (unpaired) electrons. The van der Waals surface area contributed by atoms with Crippen molar-refractivity contribution in [3.05, 3.63) is 36.4 Å². The summed E-state index contributed by atoms with van der Waals surface area (Å²) in [5.74, 6) is 0.906. The van der Waals surface area contributed by atoms with Gasteiger partial charge in [-0.2, -0.15) is 0 Å². The molecule has 1 unspecified atom stereocenters. The largest absolute Gasteiger partial charge is 0.386 e. The van der Waals surface area contributed by atoms with Crippen LogP contribution in [0.1, 0.15) is 31.5 Å². The van der Waals surface area contributed by atoms with Gasteiger partial charge in [-0.1, -0.05) is 0 Å². The molecule has 0 saturated carbocycles. The van der Waals surface area contributed by atoms with Crippen LogP contribution in [-0.2, 0) is 19.5 Å². The molecule has 92 valence electrons. The van der Waals surface area contributed by atoms with E-state index >= 15 is 0 Å². The molecule has 2 aromatic heterocycles. The van der Waals surface area contributed by atoms with Crippen LogP contribution in [0.2, 0.25) is 0 Å². The van der Waals surface area contributed by atoms with Crippen LogP contribution in [0.25, 0.3) is 0 Å². The average Bonchev–Trinajstić information content (AvgIpc) is 2.96. The zero-order chi connectivity index (χ0) is 12.3. The first-order valence-corrected chi connectivity index (χ1v) is 5.94. The van der Waals surface area contributed by atoms with E-state index in [1.54, 1.807) is 18.7 Å². The number of aromatic nitrogens is 4. The lowest BCUT2D eigenvalue weighted by Gasteiger charge is -2.13. The van der Waals surface area contributed by atoms with Crippen molar-refractivity contribution in [2.75, 3.05) is 0 Å². The third-order valence-corrected chi connectivity index (χ3v) is 2.94. The summed E-state index contributed by atoms with van der Waals surface area (Å²) < 4.78 is 3.99. The second-order valence-electron chi connectivity index (χ2n) is 3.95. The molecular formula is C12H18N4O. The van der Waals surface area contributed by atoms with E-state index in [-0.39, 0.29) is 0 Å². The third-order valence-electron chi connectivity index (χ3n) is 2.94. The summed E-state index contributed by atoms with van der Waals surface area (Å²) >= 11 is 0. The van der Waals surface area contributed by atoms with Crippen molar-refractivity contribution in [2.24, 2.45) is 0 Å². The Bertz CT molecular complexity index is 474. The Morgan fingerprint density at radius 3 is 2.76 bits per heavy atom. The van der Waals surface area contributed by atoms with Crippen LogP contribution in [-0.4, -0.2) is 24.2 Å². The van der Waals surface area contributed by atoms with Gasteiger partial charge in [-0.15, -0.1) is 0 Å². The number of aliphatic hydroxyl groups excluding tert-OH is 1. The van der Waals surface area contributed by atoms with Gasteiger partial charge in [0.25, 0.3) is 0 Å². The molecule has 2 rings (SSSR count). The lowest BCUT2D eigenvalue weighted by atomic mass is 10.2. The molecule has 5 nitrogen and oxygen atoms in total. The Morgan fingerprint density at radius 1 is 1.29 bits per heavy atom. The number of hydrogen-bond donors (Lipinski definition) is 1. The lowest BCUT2D eigenvalue weighted by Crippen LogP contribution is -2.11. The lowest BCUT2D eigenvalue weighted by molar-refractivity contribution is 0.165. The van der Waals surface area contributed by atoms with Crippen LogP contribution in [0.3, 0.4) is 0 Å². The highest BCUT2D eigenvalue weighted by Crippen LogP contribution is 2.17. The predicted octanol–water partition coefficient (Wildman–Crippen LogP) is 1.40. The maximum Gasteiger partial charge on any atom is 0.111 e. The number of aryl methyl sites for hydroxylation is 2. The molecule has 0 fully saturated rings. The van der Waals surface area contributed by atoms with Gasteiger partial charge < -0.3 is 14.2 Å². The van der Waals surface area contributed by atoms with E-state index in [1.165, 1.54) is 0 Å². The van der Waals surface area contributed by atoms with Gasteiger partial charge in [0.1, 0.15) is 11.9 Å². The molecular weight excluding hydrogens is 216 g/mol. The number of rotatable bonds is 5. The van der Waals surface area contributed by atoms with E-state index in [1.807, 2.05) is 22.3 Å². The summed E-state index contributed by atoms with van der Waals surface area (Å²) in [6, 6.07) is 0. The first-order chi connectivity index (χ1) is 8.26. The second-order valence-corrected chi connectivity index (χ2v) is 3.95. The second kappa shape index (κ2) is 5.14. The Kier molecular flexibility index (Phi) is 3.58. The monoisotopic (exact) mass is 234 g/mol. The van der Waals surface area contributed by atoms with Gasteiger partial charge >= 0.3 is 0 Å². The minimum absolute atomic E-state index is 0.520. The van der Waals surface area contributed by atoms with Crippen LogP contribution in [0.4, 0.5) is 0 Å². The molecule has 0 aromatic carbocycles. The number of aliphatic hydroxyl groups is 1. The topological polar surface area (TPSA) is 55.9 Å². The molecule has 2 heterocycles. The Hall–Kier alpha value is -1.62. The molecule has 0 bridgehead atoms. The SMILES string of the molecule is CCn1cncc1C(O)Cc1nccn1CC. The summed E-state index contributed by atoms with van der Waals surface area (Å²) in [7, 11) is 0. The van der Waals surface area contributed by atoms with E-state index in [0.717, 1.165) is 24.6 Å². The highest BCUT2D eigenvalue weighted by atomic mass is 16.3. The normalized spacial score (nSPS) is 12.9. The molecule has 5 heteroatoms. The van der Waals surface area contributed by atoms with Crippen molar-refractivity contribution in [1.82, 2.24) is 19.1 Å². The van der Waals surface area contributed by atoms with Crippen LogP contribution in [0.5, 0.6) is 0 Å². The third kappa shape index (κ3) is 2.39. The highest BCUT2D eigenvalue weighted by molar-refractivity contribution is 5.06. The van der Waals surface area contributed by atoms with Crippen LogP contribution < -0.4 is 0 Å². The van der Waals surface area contributed by atoms with Crippen molar-refractivity contribution in [2.45, 2.75) is 39.5 Å². The maximum atomic E-state index is 10.2. The fraction of sp³-hybridized carbons (Fsp3) is 0.500. The Morgan fingerprint density at radius 2 is 2.06 bits per heavy atom. The Balaban J connectivity index is 2.14. The highest BCUT2D eigenvalue weighted by Gasteiger charge is 2.15. The molecule has 0 aliphatic rings. The van der Waals surface area contributed by atoms with Crippen molar-refractivity contribution >= 4 is 0 Å². The summed E-state index contributed by atoms with van der Waals surface area (Å²) in [4.78, 5) is 8.33. The van der Waals surface area contributed by atoms with E-state index in [4.69, 9.17) is 0 Å². The van der Waals surface area contributed by atoms with Crippen molar-refractivity contribution in [1.29, 1.82) is 0 Å². The van der Waals surface area contributed by atoms with E-state index in [2.05, 4.69) is 16.9 Å². The molecule has 0 aliphatic carbocycles. The Labute approximate surface area is 101 Å². The molecule has 0 amide bonds. The van der Waals surface area contributed by atoms with E-state index < -0.39 is 6.10 Å². The summed E-state index contributed by atoms with van der Waals surface area (Å²) in [6.07, 6.45) is 7.12. The zero-order valence-corrected chi connectivity index (χ0v) is 10.2. The van der Waals surface area contributed by atoms with Crippen molar-refractivity contribution in [3.63, 3.8) is 0 Å². The molecule has 1 N–H and O–H groups in total. The van der Waals surface area contributed by atoms with Gasteiger partial charge in [0, 0.05) is 31.9 Å². The van der Waals surface area contributed by atoms with Gasteiger partial charge in [0.15, 0.2) is 0 Å². The number of hydrogen-bond acceptors (Lipinski definition) is 3. The van der Waals surface area contributed by atoms with Gasteiger partial charge in [-0.3, -0.25) is 0 Å². The molecule has 17 heavy (non-hydrogen) atoms. The number of imidazole rings is 2. The quantitative estimate of drug-likeness (QED) is 0.850. The predicted molar refractivity (Wildman–Crippen MR) is 64.5 cm³/mol. The molecule has 2 aromatic rings. The van der Waals surface area contributed by atoms with E-state index in [9.17, 15) is 5.11 Å². The van der Waals surface area contributed by atoms with Gasteiger partial charge in [-0.25, -0.2) is 9.97 Å². The molecule has 0 spiro atoms. The first kappa shape index (κ1) is 11.9. The van der Waals surface area contributed by atoms with Crippen LogP contribution in [0, 0.1) is 0 Å². The van der Waals surface area contributed by atoms with Crippen LogP contribution >= 0.6 is 0 Å². The minimum atomic E-state index is -0.551. The smallest absolute Gasteiger partial charge is 0.111 e. The molecule has 0 saturated heterocycles. The van der Waals surface area contributed by atoms with Gasteiger partial charge in [0.2, 0.25) is 0 Å². The first-order valence-electron chi connectivity index (χ1n) is 5.94. The summed E-state index contributed by atoms with van der Waals surface area (Å²) in [5.41, 5.74) is 0.846. The van der Waals surface area contributed by atoms with Crippen LogP contribution in [0.15, 0.2) is 24.9 Å². The molecule has 0 aliphatic heterocycles. The summed E-state index contributed by atoms with van der Waals surface area (Å²) in [6.45, 7) is 5.78. The van der Waals surface area contributed by atoms with Gasteiger partial charge in [-0.05, 0) is 13.8 Å². The fourth-order valence-corrected chi connectivity index (χ4v) is 1.97. The van der Waals surface area contributed by atoms with E-state index in [0.29, 0.717) is 6.42 Å². The van der Waals surface area contributed by atoms with Gasteiger partial charge in [0.05, 0.1) is 18.2 Å². The minimum Gasteiger partial charge on any atom is -0.386 e. The summed E-state index contributed by atoms with van der Waals surface area (Å²) in [5, 5.41) is 10.2. The maximum absolute atomic E-state index is 10.2. The molecule has 1 atom stereocenters. The van der Waals surface area contributed by atoms with Crippen molar-refractivity contribution < 1.29 is 5.11 Å². The number of nitrogens with zero attached hydrogens (tertiary/aromatic N) is 4. The fourth-order valence-electron chi connectivity index (χ4n) is 1.97.